The average molecular weight is 611 g/mol. The van der Waals surface area contributed by atoms with Crippen molar-refractivity contribution in [1.82, 2.24) is 9.55 Å². The Kier molecular flexibility index (Phi) is 6.35. The highest BCUT2D eigenvalue weighted by Crippen LogP contribution is 2.42. The fraction of sp³-hybridized carbons (Fsp3) is 0.111. The van der Waals surface area contributed by atoms with E-state index in [0.717, 1.165) is 51.0 Å². The third-order valence-electron chi connectivity index (χ3n) is 8.66. The number of rotatable bonds is 5. The Morgan fingerprint density at radius 1 is 1.00 bits per heavy atom. The van der Waals surface area contributed by atoms with E-state index in [2.05, 4.69) is 17.1 Å². The first-order chi connectivity index (χ1) is 22.0. The number of nitrogens with zero attached hydrogens (tertiary/aromatic N) is 3. The number of nitrogens with one attached hydrogen (secondary N) is 1. The maximum Gasteiger partial charge on any atom is 0.271 e. The number of hydrogen-bond donors (Lipinski definition) is 1. The molecule has 9 heteroatoms. The van der Waals surface area contributed by atoms with Crippen LogP contribution in [0.4, 0.5) is 5.69 Å². The van der Waals surface area contributed by atoms with E-state index in [1.807, 2.05) is 72.8 Å². The van der Waals surface area contributed by atoms with Gasteiger partial charge in [0.25, 0.3) is 11.2 Å². The van der Waals surface area contributed by atoms with Crippen molar-refractivity contribution in [2.45, 2.75) is 18.9 Å². The highest BCUT2D eigenvalue weighted by molar-refractivity contribution is 7.07. The van der Waals surface area contributed by atoms with E-state index in [4.69, 9.17) is 9.73 Å². The van der Waals surface area contributed by atoms with Gasteiger partial charge >= 0.3 is 0 Å². The van der Waals surface area contributed by atoms with Crippen LogP contribution in [0, 0.1) is 10.1 Å². The predicted molar refractivity (Wildman–Crippen MR) is 176 cm³/mol. The molecule has 0 saturated carbocycles. The SMILES string of the molecule is COc1cccc2c(/C=c3/sc4n(c3=O)[C@H](c3cccc([N+](=O)[O-])c3)C3=C(N=4)c4ccccc4CC3)c(-c3ccccc3)[nH]c12. The van der Waals surface area contributed by atoms with Crippen LogP contribution in [0.25, 0.3) is 33.9 Å². The zero-order chi connectivity index (χ0) is 30.7. The van der Waals surface area contributed by atoms with E-state index in [1.165, 1.54) is 23.0 Å². The normalized spacial score (nSPS) is 15.8. The number of para-hydroxylation sites is 1. The average Bonchev–Trinajstić information content (AvgIpc) is 3.61. The van der Waals surface area contributed by atoms with Crippen molar-refractivity contribution in [1.29, 1.82) is 0 Å². The van der Waals surface area contributed by atoms with E-state index in [9.17, 15) is 14.9 Å². The van der Waals surface area contributed by atoms with Crippen LogP contribution >= 0.6 is 11.3 Å². The first-order valence-electron chi connectivity index (χ1n) is 14.6. The summed E-state index contributed by atoms with van der Waals surface area (Å²) in [5.41, 5.74) is 8.18. The Morgan fingerprint density at radius 2 is 1.80 bits per heavy atom. The summed E-state index contributed by atoms with van der Waals surface area (Å²) in [7, 11) is 1.64. The number of nitro benzene ring substituents is 1. The van der Waals surface area contributed by atoms with Crippen LogP contribution in [-0.2, 0) is 6.42 Å². The molecule has 0 fully saturated rings. The minimum Gasteiger partial charge on any atom is -0.495 e. The van der Waals surface area contributed by atoms with E-state index in [1.54, 1.807) is 23.8 Å². The molecule has 1 N–H and O–H groups in total. The molecule has 2 aliphatic rings. The fourth-order valence-corrected chi connectivity index (χ4v) is 7.61. The van der Waals surface area contributed by atoms with Crippen molar-refractivity contribution < 1.29 is 9.66 Å². The summed E-state index contributed by atoms with van der Waals surface area (Å²) in [6.07, 6.45) is 3.44. The van der Waals surface area contributed by atoms with Crippen LogP contribution in [0.15, 0.2) is 112 Å². The largest absolute Gasteiger partial charge is 0.495 e. The molecule has 3 heterocycles. The van der Waals surface area contributed by atoms with Crippen LogP contribution < -0.4 is 19.6 Å². The lowest BCUT2D eigenvalue weighted by Crippen LogP contribution is -2.38. The number of H-pyrrole nitrogens is 1. The zero-order valence-electron chi connectivity index (χ0n) is 24.2. The second-order valence-electron chi connectivity index (χ2n) is 11.1. The Morgan fingerprint density at radius 3 is 2.62 bits per heavy atom. The highest BCUT2D eigenvalue weighted by Gasteiger charge is 2.33. The van der Waals surface area contributed by atoms with Gasteiger partial charge in [0.05, 0.1) is 39.5 Å². The van der Waals surface area contributed by atoms with Crippen LogP contribution in [0.1, 0.15) is 34.7 Å². The molecule has 0 unspecified atom stereocenters. The Bertz CT molecular complexity index is 2380. The number of aromatic amines is 1. The lowest BCUT2D eigenvalue weighted by Gasteiger charge is -2.30. The van der Waals surface area contributed by atoms with Crippen molar-refractivity contribution in [2.75, 3.05) is 7.11 Å². The second-order valence-corrected chi connectivity index (χ2v) is 12.1. The Hall–Kier alpha value is -5.54. The molecule has 0 saturated heterocycles. The standard InChI is InChI=1S/C36H26N4O4S/c1-44-29-16-8-15-26-28(31(37-33(26)29)22-10-3-2-4-11-22)20-30-35(41)39-34(23-12-7-13-24(19-23)40(42)43)27-18-17-21-9-5-6-14-25(21)32(27)38-36(39)45-30/h2-16,19-20,34,37H,17-18H2,1H3/b30-20+/t34-/m1/s1. The van der Waals surface area contributed by atoms with Crippen molar-refractivity contribution in [3.63, 3.8) is 0 Å². The van der Waals surface area contributed by atoms with Gasteiger partial charge in [-0.15, -0.1) is 0 Å². The van der Waals surface area contributed by atoms with Gasteiger partial charge in [0.15, 0.2) is 4.80 Å². The number of ether oxygens (including phenoxy) is 1. The van der Waals surface area contributed by atoms with Gasteiger partial charge in [0.2, 0.25) is 0 Å². The van der Waals surface area contributed by atoms with Crippen molar-refractivity contribution in [2.24, 2.45) is 4.99 Å². The zero-order valence-corrected chi connectivity index (χ0v) is 25.0. The third kappa shape index (κ3) is 4.35. The van der Waals surface area contributed by atoms with E-state index in [0.29, 0.717) is 27.1 Å². The van der Waals surface area contributed by atoms with Crippen LogP contribution in [0.2, 0.25) is 0 Å². The smallest absolute Gasteiger partial charge is 0.271 e. The van der Waals surface area contributed by atoms with Gasteiger partial charge in [0, 0.05) is 28.6 Å². The minimum atomic E-state index is -0.511. The first-order valence-corrected chi connectivity index (χ1v) is 15.4. The number of methoxy groups -OCH3 is 1. The van der Waals surface area contributed by atoms with Crippen LogP contribution in [-0.4, -0.2) is 21.6 Å². The summed E-state index contributed by atoms with van der Waals surface area (Å²) in [6, 6.07) is 30.2. The Labute approximate surface area is 261 Å². The molecule has 8 nitrogen and oxygen atoms in total. The summed E-state index contributed by atoms with van der Waals surface area (Å²) < 4.78 is 7.92. The lowest BCUT2D eigenvalue weighted by atomic mass is 9.83. The highest BCUT2D eigenvalue weighted by atomic mass is 32.1. The third-order valence-corrected chi connectivity index (χ3v) is 9.65. The maximum absolute atomic E-state index is 14.5. The molecular formula is C36H26N4O4S. The molecule has 6 aromatic rings. The summed E-state index contributed by atoms with van der Waals surface area (Å²) >= 11 is 1.34. The van der Waals surface area contributed by atoms with Crippen molar-refractivity contribution >= 4 is 39.7 Å². The maximum atomic E-state index is 14.5. The molecule has 1 aliphatic carbocycles. The number of thiazole rings is 1. The van der Waals surface area contributed by atoms with Gasteiger partial charge in [-0.3, -0.25) is 19.5 Å². The summed E-state index contributed by atoms with van der Waals surface area (Å²) in [5.74, 6) is 0.711. The monoisotopic (exact) mass is 610 g/mol. The number of benzene rings is 4. The fourth-order valence-electron chi connectivity index (χ4n) is 6.63. The number of fused-ring (bicyclic) bond motifs is 4. The Balaban J connectivity index is 1.41. The molecule has 0 amide bonds. The molecule has 220 valence electrons. The number of nitro groups is 1. The summed E-state index contributed by atoms with van der Waals surface area (Å²) in [6.45, 7) is 0. The molecule has 1 atom stereocenters. The molecule has 1 aliphatic heterocycles. The van der Waals surface area contributed by atoms with Crippen molar-refractivity contribution in [3.05, 3.63) is 155 Å². The molecule has 0 radical (unpaired) electrons. The molecule has 45 heavy (non-hydrogen) atoms. The second kappa shape index (κ2) is 10.6. The molecule has 8 rings (SSSR count). The number of aromatic nitrogens is 2. The first kappa shape index (κ1) is 27.0. The summed E-state index contributed by atoms with van der Waals surface area (Å²) in [5, 5.41) is 12.7. The van der Waals surface area contributed by atoms with Gasteiger partial charge in [-0.05, 0) is 47.2 Å². The molecule has 2 aromatic heterocycles. The van der Waals surface area contributed by atoms with E-state index >= 15 is 0 Å². The minimum absolute atomic E-state index is 0.00905. The quantitative estimate of drug-likeness (QED) is 0.181. The van der Waals surface area contributed by atoms with Crippen LogP contribution in [0.5, 0.6) is 5.75 Å². The molecule has 4 aromatic carbocycles. The number of allylic oxidation sites excluding steroid dienone is 1. The number of non-ortho nitro benzene ring substituents is 1. The number of hydrogen-bond acceptors (Lipinski definition) is 6. The topological polar surface area (TPSA) is 103 Å². The van der Waals surface area contributed by atoms with Gasteiger partial charge in [-0.25, -0.2) is 4.99 Å². The molecule has 0 bridgehead atoms. The number of aryl methyl sites for hydroxylation is 1. The van der Waals surface area contributed by atoms with Crippen molar-refractivity contribution in [3.8, 4) is 17.0 Å². The molecule has 0 spiro atoms. The molecular weight excluding hydrogens is 584 g/mol. The van der Waals surface area contributed by atoms with Crippen LogP contribution in [0.3, 0.4) is 0 Å². The van der Waals surface area contributed by atoms with E-state index in [-0.39, 0.29) is 11.2 Å². The predicted octanol–water partition coefficient (Wildman–Crippen LogP) is 6.38. The van der Waals surface area contributed by atoms with E-state index < -0.39 is 11.0 Å². The van der Waals surface area contributed by atoms with Gasteiger partial charge in [-0.1, -0.05) is 90.2 Å². The van der Waals surface area contributed by atoms with Gasteiger partial charge < -0.3 is 9.72 Å². The summed E-state index contributed by atoms with van der Waals surface area (Å²) in [4.78, 5) is 35.1. The lowest BCUT2D eigenvalue weighted by molar-refractivity contribution is -0.384. The van der Waals surface area contributed by atoms with Gasteiger partial charge in [0.1, 0.15) is 5.75 Å². The van der Waals surface area contributed by atoms with Gasteiger partial charge in [-0.2, -0.15) is 0 Å².